The molecule has 1 amide bonds. The Kier molecular flexibility index (Phi) is 6.99. The first-order valence-corrected chi connectivity index (χ1v) is 14.6. The zero-order valence-electron chi connectivity index (χ0n) is 19.5. The van der Waals surface area contributed by atoms with E-state index in [1.165, 1.54) is 15.6 Å². The number of nitrogens with zero attached hydrogens (tertiary/aromatic N) is 3. The number of aromatic nitrogens is 1. The van der Waals surface area contributed by atoms with Gasteiger partial charge in [0.25, 0.3) is 10.0 Å². The summed E-state index contributed by atoms with van der Waals surface area (Å²) < 4.78 is 45.8. The first-order chi connectivity index (χ1) is 16.9. The maximum Gasteiger partial charge on any atom is 0.253 e. The third-order valence-corrected chi connectivity index (χ3v) is 10.7. The zero-order valence-corrected chi connectivity index (χ0v) is 22.0. The van der Waals surface area contributed by atoms with Gasteiger partial charge in [-0.1, -0.05) is 17.4 Å². The molecule has 4 heterocycles. The van der Waals surface area contributed by atoms with Crippen molar-refractivity contribution in [1.29, 1.82) is 0 Å². The Hall–Kier alpha value is -2.25. The highest BCUT2D eigenvalue weighted by Crippen LogP contribution is 2.41. The van der Waals surface area contributed by atoms with Crippen molar-refractivity contribution in [3.63, 3.8) is 0 Å². The van der Waals surface area contributed by atoms with E-state index in [9.17, 15) is 13.2 Å². The monoisotopic (exact) mass is 537 g/mol. The highest BCUT2D eigenvalue weighted by Gasteiger charge is 2.43. The van der Waals surface area contributed by atoms with Crippen molar-refractivity contribution < 1.29 is 27.4 Å². The van der Waals surface area contributed by atoms with Crippen LogP contribution < -0.4 is 14.4 Å². The van der Waals surface area contributed by atoms with Gasteiger partial charge in [-0.05, 0) is 49.3 Å². The first kappa shape index (κ1) is 24.4. The molecule has 5 rings (SSSR count). The van der Waals surface area contributed by atoms with Gasteiger partial charge in [0.05, 0.1) is 26.9 Å². The van der Waals surface area contributed by atoms with Crippen molar-refractivity contribution >= 4 is 54.0 Å². The van der Waals surface area contributed by atoms with Gasteiger partial charge < -0.3 is 14.2 Å². The third-order valence-electron chi connectivity index (χ3n) is 6.35. The van der Waals surface area contributed by atoms with E-state index in [-0.39, 0.29) is 16.2 Å². The van der Waals surface area contributed by atoms with Gasteiger partial charge in [0.15, 0.2) is 5.13 Å². The second-order valence-electron chi connectivity index (χ2n) is 8.43. The molecule has 12 heteroatoms. The lowest BCUT2D eigenvalue weighted by atomic mass is 10.2. The summed E-state index contributed by atoms with van der Waals surface area (Å²) in [4.78, 5) is 20.4. The van der Waals surface area contributed by atoms with Crippen LogP contribution in [0.1, 0.15) is 25.7 Å². The van der Waals surface area contributed by atoms with Crippen LogP contribution in [0.5, 0.6) is 11.5 Å². The Morgan fingerprint density at radius 2 is 2.00 bits per heavy atom. The number of methoxy groups -OCH3 is 2. The van der Waals surface area contributed by atoms with Crippen molar-refractivity contribution in [2.24, 2.45) is 0 Å². The summed E-state index contributed by atoms with van der Waals surface area (Å²) in [6.45, 7) is 1.27. The number of hydrogen-bond donors (Lipinski definition) is 0. The normalized spacial score (nSPS) is 21.0. The number of thiazole rings is 1. The molecule has 2 aliphatic heterocycles. The van der Waals surface area contributed by atoms with Gasteiger partial charge in [-0.3, -0.25) is 9.69 Å². The van der Waals surface area contributed by atoms with Crippen molar-refractivity contribution in [3.05, 3.63) is 29.6 Å². The number of fused-ring (bicyclic) bond motifs is 1. The van der Waals surface area contributed by atoms with Crippen LogP contribution in [0.15, 0.2) is 33.9 Å². The lowest BCUT2D eigenvalue weighted by Crippen LogP contribution is -2.49. The highest BCUT2D eigenvalue weighted by atomic mass is 32.2. The Morgan fingerprint density at radius 3 is 2.69 bits per heavy atom. The maximum atomic E-state index is 14.0. The molecule has 1 aromatic carbocycles. The minimum atomic E-state index is -3.76. The molecule has 0 saturated carbocycles. The summed E-state index contributed by atoms with van der Waals surface area (Å²) in [6.07, 6.45) is 2.72. The number of rotatable bonds is 8. The Balaban J connectivity index is 1.54. The van der Waals surface area contributed by atoms with E-state index < -0.39 is 16.1 Å². The molecular formula is C23H27N3O6S3. The summed E-state index contributed by atoms with van der Waals surface area (Å²) in [5, 5.41) is 2.20. The molecule has 0 bridgehead atoms. The van der Waals surface area contributed by atoms with Crippen molar-refractivity contribution in [2.75, 3.05) is 38.8 Å². The molecule has 188 valence electrons. The lowest BCUT2D eigenvalue weighted by Gasteiger charge is -2.29. The number of carbonyl (C=O) groups is 1. The maximum absolute atomic E-state index is 14.0. The molecule has 2 atom stereocenters. The summed E-state index contributed by atoms with van der Waals surface area (Å²) >= 11 is 2.49. The quantitative estimate of drug-likeness (QED) is 0.432. The molecule has 0 aliphatic carbocycles. The molecule has 2 saturated heterocycles. The summed E-state index contributed by atoms with van der Waals surface area (Å²) in [5.74, 6) is 0.933. The van der Waals surface area contributed by atoms with Gasteiger partial charge in [-0.15, -0.1) is 11.3 Å². The van der Waals surface area contributed by atoms with E-state index in [1.54, 1.807) is 42.7 Å². The molecule has 0 N–H and O–H groups in total. The molecule has 35 heavy (non-hydrogen) atoms. The minimum Gasteiger partial charge on any atom is -0.495 e. The van der Waals surface area contributed by atoms with Crippen molar-refractivity contribution in [3.8, 4) is 11.5 Å². The number of anilines is 1. The van der Waals surface area contributed by atoms with Crippen LogP contribution in [0.2, 0.25) is 0 Å². The van der Waals surface area contributed by atoms with Gasteiger partial charge >= 0.3 is 0 Å². The van der Waals surface area contributed by atoms with E-state index in [0.717, 1.165) is 28.9 Å². The van der Waals surface area contributed by atoms with Crippen LogP contribution in [-0.2, 0) is 19.6 Å². The smallest absolute Gasteiger partial charge is 0.253 e. The molecule has 3 aromatic rings. The van der Waals surface area contributed by atoms with Gasteiger partial charge in [0, 0.05) is 13.2 Å². The molecule has 2 fully saturated rings. The van der Waals surface area contributed by atoms with E-state index in [0.29, 0.717) is 54.7 Å². The van der Waals surface area contributed by atoms with Gasteiger partial charge in [-0.2, -0.15) is 4.31 Å². The number of sulfonamides is 1. The molecule has 2 aromatic heterocycles. The zero-order chi connectivity index (χ0) is 24.6. The minimum absolute atomic E-state index is 0.126. The second kappa shape index (κ2) is 10.0. The largest absolute Gasteiger partial charge is 0.495 e. The summed E-state index contributed by atoms with van der Waals surface area (Å²) in [5.41, 5.74) is 0.603. The van der Waals surface area contributed by atoms with Gasteiger partial charge in [-0.25, -0.2) is 13.4 Å². The predicted octanol–water partition coefficient (Wildman–Crippen LogP) is 3.74. The molecule has 0 radical (unpaired) electrons. The van der Waals surface area contributed by atoms with Gasteiger partial charge in [0.1, 0.15) is 32.0 Å². The average molecular weight is 538 g/mol. The second-order valence-corrected chi connectivity index (χ2v) is 12.5. The van der Waals surface area contributed by atoms with Crippen LogP contribution in [0.25, 0.3) is 10.2 Å². The first-order valence-electron chi connectivity index (χ1n) is 11.4. The van der Waals surface area contributed by atoms with Gasteiger partial charge in [0.2, 0.25) is 5.91 Å². The Morgan fingerprint density at radius 1 is 1.20 bits per heavy atom. The van der Waals surface area contributed by atoms with E-state index in [2.05, 4.69) is 0 Å². The molecule has 2 aliphatic rings. The predicted molar refractivity (Wildman–Crippen MR) is 135 cm³/mol. The number of benzene rings is 1. The molecule has 0 spiro atoms. The Bertz CT molecular complexity index is 1260. The van der Waals surface area contributed by atoms with E-state index >= 15 is 0 Å². The van der Waals surface area contributed by atoms with E-state index in [4.69, 9.17) is 19.2 Å². The van der Waals surface area contributed by atoms with Crippen LogP contribution in [0, 0.1) is 0 Å². The fourth-order valence-electron chi connectivity index (χ4n) is 4.62. The number of amides is 1. The topological polar surface area (TPSA) is 98.3 Å². The van der Waals surface area contributed by atoms with Crippen molar-refractivity contribution in [1.82, 2.24) is 9.29 Å². The van der Waals surface area contributed by atoms with Crippen LogP contribution >= 0.6 is 22.7 Å². The number of carbonyl (C=O) groups excluding carboxylic acids is 1. The van der Waals surface area contributed by atoms with Crippen molar-refractivity contribution in [2.45, 2.75) is 42.0 Å². The fraction of sp³-hybridized carbons (Fsp3) is 0.478. The number of thiophene rings is 1. The van der Waals surface area contributed by atoms with Crippen LogP contribution in [0.4, 0.5) is 5.13 Å². The average Bonchev–Trinajstić information content (AvgIpc) is 3.67. The van der Waals surface area contributed by atoms with E-state index in [1.807, 2.05) is 6.07 Å². The fourth-order valence-corrected chi connectivity index (χ4v) is 8.48. The Labute approximate surface area is 212 Å². The third kappa shape index (κ3) is 4.53. The SMILES string of the molecule is COc1ccc(OC)c2sc(N(CC3CCCO3)C(=O)C3CCCN3S(=O)(=O)c3cccs3)nc12. The standard InChI is InChI=1S/C23H27N3O6S3/c1-30-17-9-10-18(31-2)21-20(17)24-23(34-21)25(14-15-6-4-12-32-15)22(27)16-7-3-11-26(16)35(28,29)19-8-5-13-33-19/h5,8-10,13,15-16H,3-4,6-7,11-12,14H2,1-2H3. The molecule has 2 unspecified atom stereocenters. The molecular weight excluding hydrogens is 510 g/mol. The summed E-state index contributed by atoms with van der Waals surface area (Å²) in [7, 11) is -0.606. The molecule has 9 nitrogen and oxygen atoms in total. The van der Waals surface area contributed by atoms with Crippen LogP contribution in [-0.4, -0.2) is 69.7 Å². The lowest BCUT2D eigenvalue weighted by molar-refractivity contribution is -0.122. The number of hydrogen-bond acceptors (Lipinski definition) is 9. The summed E-state index contributed by atoms with van der Waals surface area (Å²) in [6, 6.07) is 6.08. The number of ether oxygens (including phenoxy) is 3. The van der Waals surface area contributed by atoms with Crippen LogP contribution in [0.3, 0.4) is 0 Å². The highest BCUT2D eigenvalue weighted by molar-refractivity contribution is 7.91.